The molecule has 0 aromatic heterocycles. The molecule has 0 radical (unpaired) electrons. The molecule has 1 aliphatic heterocycles. The Kier molecular flexibility index (Phi) is 5.40. The van der Waals surface area contributed by atoms with E-state index in [-0.39, 0.29) is 17.2 Å². The average Bonchev–Trinajstić information content (AvgIpc) is 2.74. The second kappa shape index (κ2) is 8.01. The Morgan fingerprint density at radius 2 is 1.77 bits per heavy atom. The van der Waals surface area contributed by atoms with E-state index in [1.165, 1.54) is 10.4 Å². The largest absolute Gasteiger partial charge is 0.476 e. The predicted octanol–water partition coefficient (Wildman–Crippen LogP) is 4.24. The van der Waals surface area contributed by atoms with Crippen LogP contribution in [0, 0.1) is 6.92 Å². The number of aryl methyl sites for hydroxylation is 1. The Balaban J connectivity index is 1.71. The summed E-state index contributed by atoms with van der Waals surface area (Å²) in [6.07, 6.45) is -1.03. The first-order chi connectivity index (χ1) is 14.3. The van der Waals surface area contributed by atoms with Crippen molar-refractivity contribution < 1.29 is 17.9 Å². The summed E-state index contributed by atoms with van der Waals surface area (Å²) in [6.45, 7) is 1.70. The van der Waals surface area contributed by atoms with Crippen molar-refractivity contribution >= 4 is 38.9 Å². The molecule has 154 valence electrons. The lowest BCUT2D eigenvalue weighted by Gasteiger charge is -2.34. The lowest BCUT2D eigenvalue weighted by Crippen LogP contribution is -2.48. The van der Waals surface area contributed by atoms with E-state index in [2.05, 4.69) is 5.32 Å². The smallest absolute Gasteiger partial charge is 0.267 e. The van der Waals surface area contributed by atoms with Gasteiger partial charge in [-0.3, -0.25) is 9.10 Å². The van der Waals surface area contributed by atoms with Crippen molar-refractivity contribution in [3.63, 3.8) is 0 Å². The molecule has 1 N–H and O–H groups in total. The van der Waals surface area contributed by atoms with Gasteiger partial charge in [0.1, 0.15) is 5.75 Å². The summed E-state index contributed by atoms with van der Waals surface area (Å²) in [5.74, 6) is -0.166. The third-order valence-electron chi connectivity index (χ3n) is 4.73. The highest BCUT2D eigenvalue weighted by molar-refractivity contribution is 7.92. The number of sulfonamides is 1. The number of benzene rings is 3. The lowest BCUT2D eigenvalue weighted by atomic mass is 10.2. The molecule has 0 spiro atoms. The van der Waals surface area contributed by atoms with Crippen LogP contribution in [-0.2, 0) is 14.8 Å². The summed E-state index contributed by atoms with van der Waals surface area (Å²) < 4.78 is 33.8. The molecule has 1 amide bonds. The number of halogens is 1. The molecule has 30 heavy (non-hydrogen) atoms. The van der Waals surface area contributed by atoms with E-state index in [0.717, 1.165) is 5.56 Å². The fraction of sp³-hybridized carbons (Fsp3) is 0.136. The van der Waals surface area contributed by atoms with Crippen LogP contribution in [0.5, 0.6) is 5.75 Å². The van der Waals surface area contributed by atoms with Gasteiger partial charge in [0.05, 0.1) is 17.1 Å². The van der Waals surface area contributed by atoms with E-state index >= 15 is 0 Å². The van der Waals surface area contributed by atoms with Crippen LogP contribution in [0.3, 0.4) is 0 Å². The molecular formula is C22H19ClN2O4S. The number of rotatable bonds is 4. The average molecular weight is 443 g/mol. The highest BCUT2D eigenvalue weighted by Crippen LogP contribution is 2.39. The van der Waals surface area contributed by atoms with E-state index in [4.69, 9.17) is 16.3 Å². The number of carbonyl (C=O) groups excluding carboxylic acids is 1. The Bertz CT molecular complexity index is 1180. The monoisotopic (exact) mass is 442 g/mol. The minimum Gasteiger partial charge on any atom is -0.476 e. The second-order valence-electron chi connectivity index (χ2n) is 6.92. The van der Waals surface area contributed by atoms with E-state index in [0.29, 0.717) is 16.4 Å². The van der Waals surface area contributed by atoms with Gasteiger partial charge in [0, 0.05) is 10.7 Å². The van der Waals surface area contributed by atoms with Crippen LogP contribution in [0.15, 0.2) is 77.7 Å². The quantitative estimate of drug-likeness (QED) is 0.655. The molecule has 3 aromatic rings. The summed E-state index contributed by atoms with van der Waals surface area (Å²) in [4.78, 5) is 12.9. The molecule has 0 saturated carbocycles. The van der Waals surface area contributed by atoms with Crippen LogP contribution in [0.4, 0.5) is 11.4 Å². The SMILES string of the molecule is Cc1ccc(S(=O)(=O)N2C[C@@H](C(=O)Nc3ccccc3)Oc3ccc(Cl)cc32)cc1. The zero-order chi connectivity index (χ0) is 21.3. The summed E-state index contributed by atoms with van der Waals surface area (Å²) in [5.41, 5.74) is 1.84. The van der Waals surface area contributed by atoms with Crippen molar-refractivity contribution in [1.82, 2.24) is 0 Å². The molecule has 1 heterocycles. The Labute approximate surface area is 180 Å². The zero-order valence-electron chi connectivity index (χ0n) is 16.1. The molecule has 1 atom stereocenters. The van der Waals surface area contributed by atoms with Gasteiger partial charge in [0.25, 0.3) is 15.9 Å². The first-order valence-electron chi connectivity index (χ1n) is 9.26. The van der Waals surface area contributed by atoms with Crippen molar-refractivity contribution in [1.29, 1.82) is 0 Å². The fourth-order valence-electron chi connectivity index (χ4n) is 3.17. The highest BCUT2D eigenvalue weighted by Gasteiger charge is 2.37. The number of carbonyl (C=O) groups is 1. The Morgan fingerprint density at radius 1 is 1.07 bits per heavy atom. The molecular weight excluding hydrogens is 424 g/mol. The number of nitrogens with zero attached hydrogens (tertiary/aromatic N) is 1. The molecule has 8 heteroatoms. The van der Waals surface area contributed by atoms with Gasteiger partial charge in [-0.15, -0.1) is 0 Å². The molecule has 0 aliphatic carbocycles. The van der Waals surface area contributed by atoms with Crippen molar-refractivity contribution in [3.05, 3.63) is 83.4 Å². The van der Waals surface area contributed by atoms with E-state index in [9.17, 15) is 13.2 Å². The van der Waals surface area contributed by atoms with Gasteiger partial charge in [0.2, 0.25) is 0 Å². The molecule has 0 saturated heterocycles. The maximum Gasteiger partial charge on any atom is 0.267 e. The molecule has 0 bridgehead atoms. The molecule has 0 fully saturated rings. The minimum absolute atomic E-state index is 0.128. The first kappa shape index (κ1) is 20.3. The topological polar surface area (TPSA) is 75.7 Å². The van der Waals surface area contributed by atoms with Gasteiger partial charge in [-0.1, -0.05) is 47.5 Å². The molecule has 0 unspecified atom stereocenters. The van der Waals surface area contributed by atoms with Crippen molar-refractivity contribution in [3.8, 4) is 5.75 Å². The third-order valence-corrected chi connectivity index (χ3v) is 6.76. The number of fused-ring (bicyclic) bond motifs is 1. The van der Waals surface area contributed by atoms with Gasteiger partial charge in [-0.05, 0) is 49.4 Å². The van der Waals surface area contributed by atoms with Crippen LogP contribution >= 0.6 is 11.6 Å². The molecule has 3 aromatic carbocycles. The van der Waals surface area contributed by atoms with Gasteiger partial charge in [0.15, 0.2) is 6.10 Å². The standard InChI is InChI=1S/C22H19ClN2O4S/c1-15-7-10-18(11-8-15)30(27,28)25-14-21(22(26)24-17-5-3-2-4-6-17)29-20-12-9-16(23)13-19(20)25/h2-13,21H,14H2,1H3,(H,24,26)/t21-/m0/s1. The van der Waals surface area contributed by atoms with Gasteiger partial charge in [-0.25, -0.2) is 8.42 Å². The van der Waals surface area contributed by atoms with Crippen LogP contribution < -0.4 is 14.4 Å². The maximum atomic E-state index is 13.4. The van der Waals surface area contributed by atoms with Gasteiger partial charge in [-0.2, -0.15) is 0 Å². The van der Waals surface area contributed by atoms with Gasteiger partial charge < -0.3 is 10.1 Å². The number of ether oxygens (including phenoxy) is 1. The summed E-state index contributed by atoms with van der Waals surface area (Å²) in [5, 5.41) is 3.13. The van der Waals surface area contributed by atoms with Crippen molar-refractivity contribution in [2.45, 2.75) is 17.9 Å². The Morgan fingerprint density at radius 3 is 2.47 bits per heavy atom. The number of hydrogen-bond acceptors (Lipinski definition) is 4. The third kappa shape index (κ3) is 3.99. The lowest BCUT2D eigenvalue weighted by molar-refractivity contribution is -0.122. The van der Waals surface area contributed by atoms with Crippen LogP contribution in [0.1, 0.15) is 5.56 Å². The number of anilines is 2. The molecule has 6 nitrogen and oxygen atoms in total. The predicted molar refractivity (Wildman–Crippen MR) is 117 cm³/mol. The summed E-state index contributed by atoms with van der Waals surface area (Å²) in [7, 11) is -3.93. The highest BCUT2D eigenvalue weighted by atomic mass is 35.5. The van der Waals surface area contributed by atoms with E-state index < -0.39 is 22.0 Å². The summed E-state index contributed by atoms with van der Waals surface area (Å²) in [6, 6.07) is 20.1. The number of amides is 1. The van der Waals surface area contributed by atoms with Crippen LogP contribution in [-0.4, -0.2) is 27.0 Å². The normalized spacial score (nSPS) is 15.8. The van der Waals surface area contributed by atoms with Crippen LogP contribution in [0.25, 0.3) is 0 Å². The Hall–Kier alpha value is -3.03. The van der Waals surface area contributed by atoms with E-state index in [1.54, 1.807) is 60.7 Å². The van der Waals surface area contributed by atoms with Crippen molar-refractivity contribution in [2.24, 2.45) is 0 Å². The second-order valence-corrected chi connectivity index (χ2v) is 9.22. The van der Waals surface area contributed by atoms with Crippen LogP contribution in [0.2, 0.25) is 5.02 Å². The molecule has 1 aliphatic rings. The minimum atomic E-state index is -3.93. The van der Waals surface area contributed by atoms with Crippen molar-refractivity contribution in [2.75, 3.05) is 16.2 Å². The number of nitrogens with one attached hydrogen (secondary N) is 1. The maximum absolute atomic E-state index is 13.4. The number of hydrogen-bond donors (Lipinski definition) is 1. The molecule has 4 rings (SSSR count). The fourth-order valence-corrected chi connectivity index (χ4v) is 4.80. The van der Waals surface area contributed by atoms with E-state index in [1.807, 2.05) is 13.0 Å². The summed E-state index contributed by atoms with van der Waals surface area (Å²) >= 11 is 6.11. The van der Waals surface area contributed by atoms with Gasteiger partial charge >= 0.3 is 0 Å². The first-order valence-corrected chi connectivity index (χ1v) is 11.1. The zero-order valence-corrected chi connectivity index (χ0v) is 17.7. The number of para-hydroxylation sites is 1.